The summed E-state index contributed by atoms with van der Waals surface area (Å²) in [7, 11) is 0. The van der Waals surface area contributed by atoms with E-state index in [0.29, 0.717) is 0 Å². The fourth-order valence-corrected chi connectivity index (χ4v) is 0.782. The lowest BCUT2D eigenvalue weighted by atomic mass is 10.2. The molecule has 0 aromatic heterocycles. The van der Waals surface area contributed by atoms with Crippen LogP contribution in [0.1, 0.15) is 8.30 Å². The maximum absolute atomic E-state index is 7.45. The third-order valence-corrected chi connectivity index (χ3v) is 1.18. The van der Waals surface area contributed by atoms with Crippen molar-refractivity contribution in [3.8, 4) is 0 Å². The van der Waals surface area contributed by atoms with Crippen LogP contribution in [0.25, 0.3) is 0 Å². The molecule has 1 heteroatoms. The predicted molar refractivity (Wildman–Crippen MR) is 40.9 cm³/mol. The minimum atomic E-state index is -0.877. The van der Waals surface area contributed by atoms with Crippen LogP contribution in [-0.2, 0) is 6.40 Å². The zero-order chi connectivity index (χ0) is 8.27. The molecule has 0 spiro atoms. The second kappa shape index (κ2) is 3.52. The first-order valence-corrected chi connectivity index (χ1v) is 3.19. The molecular weight excluding hydrogens is 132 g/mol. The van der Waals surface area contributed by atoms with Crippen molar-refractivity contribution in [2.24, 2.45) is 0 Å². The number of benzene rings is 1. The SMILES string of the molecule is [2H]C(Cl)C([2H])c1ccccc1. The molecular formula is C8H9Cl. The van der Waals surface area contributed by atoms with Crippen LogP contribution in [0.3, 0.4) is 0 Å². The molecule has 1 aromatic rings. The summed E-state index contributed by atoms with van der Waals surface area (Å²) in [5, 5.41) is 0. The average Bonchev–Trinajstić information content (AvgIpc) is 2.05. The summed E-state index contributed by atoms with van der Waals surface area (Å²) in [6.07, 6.45) is -0.641. The number of halogens is 1. The Bertz CT molecular complexity index is 211. The first-order valence-electron chi connectivity index (χ1n) is 3.91. The Morgan fingerprint density at radius 3 is 2.56 bits per heavy atom. The molecule has 0 bridgehead atoms. The van der Waals surface area contributed by atoms with Gasteiger partial charge in [0.2, 0.25) is 0 Å². The number of hydrogen-bond donors (Lipinski definition) is 0. The van der Waals surface area contributed by atoms with Crippen molar-refractivity contribution in [3.63, 3.8) is 0 Å². The lowest BCUT2D eigenvalue weighted by molar-refractivity contribution is 1.15. The molecule has 0 saturated carbocycles. The molecule has 0 N–H and O–H groups in total. The van der Waals surface area contributed by atoms with E-state index in [0.717, 1.165) is 5.56 Å². The standard InChI is InChI=1S/C8H9Cl/c9-7-6-8-4-2-1-3-5-8/h1-5H,6-7H2/i6D,7D. The van der Waals surface area contributed by atoms with Gasteiger partial charge in [-0.1, -0.05) is 30.3 Å². The first kappa shape index (κ1) is 4.35. The van der Waals surface area contributed by atoms with E-state index < -0.39 is 12.3 Å². The average molecular weight is 143 g/mol. The third-order valence-electron chi connectivity index (χ3n) is 1.06. The molecule has 0 aliphatic carbocycles. The largest absolute Gasteiger partial charge is 0.126 e. The third kappa shape index (κ3) is 2.06. The zero-order valence-electron chi connectivity index (χ0n) is 6.92. The summed E-state index contributed by atoms with van der Waals surface area (Å²) in [5.41, 5.74) is 0.794. The molecule has 48 valence electrons. The molecule has 1 aromatic carbocycles. The van der Waals surface area contributed by atoms with Crippen LogP contribution in [0.15, 0.2) is 30.3 Å². The summed E-state index contributed by atoms with van der Waals surface area (Å²) in [6, 6.07) is 9.18. The second-order valence-corrected chi connectivity index (χ2v) is 1.96. The van der Waals surface area contributed by atoms with Gasteiger partial charge in [0.25, 0.3) is 0 Å². The predicted octanol–water partition coefficient (Wildman–Crippen LogP) is 2.47. The normalized spacial score (nSPS) is 19.7. The molecule has 0 radical (unpaired) electrons. The van der Waals surface area contributed by atoms with Crippen molar-refractivity contribution in [1.82, 2.24) is 0 Å². The molecule has 2 unspecified atom stereocenters. The first-order chi connectivity index (χ1) is 5.22. The van der Waals surface area contributed by atoms with E-state index in [4.69, 9.17) is 14.3 Å². The van der Waals surface area contributed by atoms with E-state index in [-0.39, 0.29) is 0 Å². The summed E-state index contributed by atoms with van der Waals surface area (Å²) >= 11 is 5.44. The van der Waals surface area contributed by atoms with Gasteiger partial charge in [-0.25, -0.2) is 0 Å². The minimum absolute atomic E-state index is 0.641. The van der Waals surface area contributed by atoms with Crippen LogP contribution >= 0.6 is 11.6 Å². The number of alkyl halides is 1. The van der Waals surface area contributed by atoms with Crippen LogP contribution in [0.2, 0.25) is 0 Å². The molecule has 9 heavy (non-hydrogen) atoms. The van der Waals surface area contributed by atoms with Crippen molar-refractivity contribution in [3.05, 3.63) is 35.9 Å². The van der Waals surface area contributed by atoms with Gasteiger partial charge < -0.3 is 0 Å². The van der Waals surface area contributed by atoms with Crippen LogP contribution in [0.5, 0.6) is 0 Å². The number of hydrogen-bond acceptors (Lipinski definition) is 0. The van der Waals surface area contributed by atoms with Gasteiger partial charge in [-0.2, -0.15) is 0 Å². The van der Waals surface area contributed by atoms with Crippen LogP contribution in [0.4, 0.5) is 0 Å². The Kier molecular flexibility index (Phi) is 1.70. The summed E-state index contributed by atoms with van der Waals surface area (Å²) in [5.74, 6) is -0.877. The van der Waals surface area contributed by atoms with E-state index in [9.17, 15) is 0 Å². The molecule has 0 aliphatic rings. The Hall–Kier alpha value is -0.490. The van der Waals surface area contributed by atoms with E-state index in [1.54, 1.807) is 0 Å². The Balaban J connectivity index is 2.77. The van der Waals surface area contributed by atoms with Gasteiger partial charge in [0.05, 0.1) is 0 Å². The van der Waals surface area contributed by atoms with E-state index in [2.05, 4.69) is 0 Å². The van der Waals surface area contributed by atoms with Gasteiger partial charge in [-0.15, -0.1) is 11.6 Å². The topological polar surface area (TPSA) is 0 Å². The smallest absolute Gasteiger partial charge is 0.0439 e. The molecule has 0 amide bonds. The summed E-state index contributed by atoms with van der Waals surface area (Å²) in [6.45, 7) is 0. The van der Waals surface area contributed by atoms with Crippen molar-refractivity contribution in [1.29, 1.82) is 0 Å². The molecule has 0 aliphatic heterocycles. The fraction of sp³-hybridized carbons (Fsp3) is 0.250. The highest BCUT2D eigenvalue weighted by atomic mass is 35.5. The Labute approximate surface area is 63.3 Å². The van der Waals surface area contributed by atoms with Gasteiger partial charge in [0, 0.05) is 8.60 Å². The second-order valence-electron chi connectivity index (χ2n) is 1.70. The molecule has 2 atom stereocenters. The fourth-order valence-electron chi connectivity index (χ4n) is 0.637. The van der Waals surface area contributed by atoms with E-state index in [1.165, 1.54) is 0 Å². The van der Waals surface area contributed by atoms with Crippen molar-refractivity contribution >= 4 is 11.6 Å². The minimum Gasteiger partial charge on any atom is -0.126 e. The van der Waals surface area contributed by atoms with Gasteiger partial charge in [0.1, 0.15) is 0 Å². The monoisotopic (exact) mass is 142 g/mol. The molecule has 0 heterocycles. The van der Waals surface area contributed by atoms with Gasteiger partial charge >= 0.3 is 0 Å². The van der Waals surface area contributed by atoms with Crippen molar-refractivity contribution < 1.29 is 2.74 Å². The summed E-state index contributed by atoms with van der Waals surface area (Å²) < 4.78 is 14.5. The number of rotatable bonds is 2. The maximum atomic E-state index is 7.45. The van der Waals surface area contributed by atoms with Crippen molar-refractivity contribution in [2.45, 2.75) is 6.40 Å². The highest BCUT2D eigenvalue weighted by Crippen LogP contribution is 1.99. The molecule has 0 fully saturated rings. The lowest BCUT2D eigenvalue weighted by Gasteiger charge is -1.92. The van der Waals surface area contributed by atoms with E-state index in [1.807, 2.05) is 30.3 Å². The van der Waals surface area contributed by atoms with Gasteiger partial charge in [0.15, 0.2) is 0 Å². The van der Waals surface area contributed by atoms with Gasteiger partial charge in [-0.05, 0) is 12.0 Å². The molecule has 1 rings (SSSR count). The van der Waals surface area contributed by atoms with E-state index >= 15 is 0 Å². The zero-order valence-corrected chi connectivity index (χ0v) is 5.68. The molecule has 0 nitrogen and oxygen atoms in total. The quantitative estimate of drug-likeness (QED) is 0.557. The summed E-state index contributed by atoms with van der Waals surface area (Å²) in [4.78, 5) is 0. The van der Waals surface area contributed by atoms with Crippen molar-refractivity contribution in [2.75, 3.05) is 5.86 Å². The van der Waals surface area contributed by atoms with Crippen LogP contribution < -0.4 is 0 Å². The highest BCUT2D eigenvalue weighted by molar-refractivity contribution is 6.17. The maximum Gasteiger partial charge on any atom is 0.0439 e. The molecule has 0 saturated heterocycles. The highest BCUT2D eigenvalue weighted by Gasteiger charge is 1.85. The Morgan fingerprint density at radius 1 is 1.33 bits per heavy atom. The van der Waals surface area contributed by atoms with Crippen LogP contribution in [-0.4, -0.2) is 5.86 Å². The lowest BCUT2D eigenvalue weighted by Crippen LogP contribution is -1.82. The number of aryl methyl sites for hydroxylation is 1. The van der Waals surface area contributed by atoms with Crippen LogP contribution in [0, 0.1) is 0 Å². The Morgan fingerprint density at radius 2 is 2.00 bits per heavy atom. The van der Waals surface area contributed by atoms with Gasteiger partial charge in [-0.3, -0.25) is 0 Å².